The predicted octanol–water partition coefficient (Wildman–Crippen LogP) is 0.707. The second-order valence-electron chi connectivity index (χ2n) is 4.96. The Labute approximate surface area is 86.8 Å². The fourth-order valence-corrected chi connectivity index (χ4v) is 2.51. The number of nitrogens with zero attached hydrogens (tertiary/aromatic N) is 1. The van der Waals surface area contributed by atoms with Gasteiger partial charge in [-0.3, -0.25) is 0 Å². The van der Waals surface area contributed by atoms with E-state index in [2.05, 4.69) is 24.2 Å². The summed E-state index contributed by atoms with van der Waals surface area (Å²) in [5, 5.41) is 3.61. The van der Waals surface area contributed by atoms with Crippen molar-refractivity contribution in [2.45, 2.75) is 25.8 Å². The van der Waals surface area contributed by atoms with Crippen LogP contribution < -0.4 is 5.32 Å². The zero-order chi connectivity index (χ0) is 10.0. The van der Waals surface area contributed by atoms with Crippen LogP contribution in [0.15, 0.2) is 0 Å². The van der Waals surface area contributed by atoms with Crippen LogP contribution in [0, 0.1) is 5.41 Å². The maximum absolute atomic E-state index is 5.36. The van der Waals surface area contributed by atoms with Gasteiger partial charge in [-0.05, 0) is 19.9 Å². The Kier molecular flexibility index (Phi) is 3.10. The summed E-state index contributed by atoms with van der Waals surface area (Å²) in [5.41, 5.74) is 0.496. The SMILES string of the molecule is CCC1(CC2CN(C)CCN2)COC1. The Hall–Kier alpha value is -0.120. The number of rotatable bonds is 3. The first-order valence-electron chi connectivity index (χ1n) is 5.74. The second-order valence-corrected chi connectivity index (χ2v) is 4.96. The molecule has 3 heteroatoms. The maximum Gasteiger partial charge on any atom is 0.0545 e. The number of piperazine rings is 1. The van der Waals surface area contributed by atoms with Gasteiger partial charge in [0.25, 0.3) is 0 Å². The molecule has 0 spiro atoms. The van der Waals surface area contributed by atoms with Crippen LogP contribution in [0.3, 0.4) is 0 Å². The van der Waals surface area contributed by atoms with Gasteiger partial charge < -0.3 is 15.0 Å². The molecule has 2 fully saturated rings. The molecule has 0 bridgehead atoms. The average Bonchev–Trinajstić information content (AvgIpc) is 2.11. The summed E-state index contributed by atoms with van der Waals surface area (Å²) >= 11 is 0. The molecule has 2 heterocycles. The molecule has 3 nitrogen and oxygen atoms in total. The molecule has 0 aliphatic carbocycles. The van der Waals surface area contributed by atoms with E-state index in [1.807, 2.05) is 0 Å². The van der Waals surface area contributed by atoms with E-state index in [4.69, 9.17) is 4.74 Å². The molecule has 0 aromatic heterocycles. The quantitative estimate of drug-likeness (QED) is 0.723. The summed E-state index contributed by atoms with van der Waals surface area (Å²) < 4.78 is 5.36. The van der Waals surface area contributed by atoms with E-state index in [1.165, 1.54) is 25.9 Å². The second kappa shape index (κ2) is 4.17. The van der Waals surface area contributed by atoms with Crippen LogP contribution in [0.25, 0.3) is 0 Å². The summed E-state index contributed by atoms with van der Waals surface area (Å²) in [4.78, 5) is 2.42. The highest BCUT2D eigenvalue weighted by Crippen LogP contribution is 2.36. The molecule has 2 aliphatic heterocycles. The normalized spacial score (nSPS) is 32.6. The molecule has 0 radical (unpaired) electrons. The predicted molar refractivity (Wildman–Crippen MR) is 57.4 cm³/mol. The molecule has 2 aliphatic rings. The Bertz CT molecular complexity index is 186. The van der Waals surface area contributed by atoms with Gasteiger partial charge in [-0.1, -0.05) is 6.92 Å². The molecule has 82 valence electrons. The number of hydrogen-bond donors (Lipinski definition) is 1. The van der Waals surface area contributed by atoms with E-state index in [1.54, 1.807) is 0 Å². The van der Waals surface area contributed by atoms with Crippen molar-refractivity contribution in [3.8, 4) is 0 Å². The highest BCUT2D eigenvalue weighted by Gasteiger charge is 2.39. The van der Waals surface area contributed by atoms with Gasteiger partial charge in [-0.25, -0.2) is 0 Å². The monoisotopic (exact) mass is 198 g/mol. The molecule has 0 amide bonds. The Morgan fingerprint density at radius 3 is 2.79 bits per heavy atom. The van der Waals surface area contributed by atoms with E-state index >= 15 is 0 Å². The van der Waals surface area contributed by atoms with E-state index in [0.29, 0.717) is 11.5 Å². The first kappa shape index (κ1) is 10.4. The van der Waals surface area contributed by atoms with Gasteiger partial charge in [-0.2, -0.15) is 0 Å². The van der Waals surface area contributed by atoms with Gasteiger partial charge >= 0.3 is 0 Å². The lowest BCUT2D eigenvalue weighted by molar-refractivity contribution is -0.125. The van der Waals surface area contributed by atoms with Gasteiger partial charge in [0.1, 0.15) is 0 Å². The first-order chi connectivity index (χ1) is 6.74. The van der Waals surface area contributed by atoms with Crippen molar-refractivity contribution in [2.75, 3.05) is 39.9 Å². The van der Waals surface area contributed by atoms with Gasteiger partial charge in [0.15, 0.2) is 0 Å². The van der Waals surface area contributed by atoms with Gasteiger partial charge in [0.05, 0.1) is 13.2 Å². The maximum atomic E-state index is 5.36. The summed E-state index contributed by atoms with van der Waals surface area (Å²) in [7, 11) is 2.21. The topological polar surface area (TPSA) is 24.5 Å². The lowest BCUT2D eigenvalue weighted by Crippen LogP contribution is -2.54. The summed E-state index contributed by atoms with van der Waals surface area (Å²) in [6, 6.07) is 0.678. The zero-order valence-electron chi connectivity index (χ0n) is 9.38. The third kappa shape index (κ3) is 2.10. The molecule has 2 saturated heterocycles. The van der Waals surface area contributed by atoms with Crippen LogP contribution in [0.2, 0.25) is 0 Å². The van der Waals surface area contributed by atoms with E-state index in [-0.39, 0.29) is 0 Å². The minimum Gasteiger partial charge on any atom is -0.380 e. The van der Waals surface area contributed by atoms with Crippen molar-refractivity contribution in [2.24, 2.45) is 5.41 Å². The third-order valence-electron chi connectivity index (χ3n) is 3.70. The molecule has 1 unspecified atom stereocenters. The Morgan fingerprint density at radius 1 is 1.50 bits per heavy atom. The van der Waals surface area contributed by atoms with Gasteiger partial charge in [0, 0.05) is 31.1 Å². The molecule has 0 aromatic carbocycles. The van der Waals surface area contributed by atoms with Crippen LogP contribution in [0.1, 0.15) is 19.8 Å². The molecule has 0 saturated carbocycles. The highest BCUT2D eigenvalue weighted by atomic mass is 16.5. The largest absolute Gasteiger partial charge is 0.380 e. The van der Waals surface area contributed by atoms with Crippen LogP contribution in [-0.4, -0.2) is 50.8 Å². The molecule has 1 N–H and O–H groups in total. The van der Waals surface area contributed by atoms with Crippen LogP contribution in [0.4, 0.5) is 0 Å². The van der Waals surface area contributed by atoms with Gasteiger partial charge in [0.2, 0.25) is 0 Å². The van der Waals surface area contributed by atoms with Crippen molar-refractivity contribution < 1.29 is 4.74 Å². The number of hydrogen-bond acceptors (Lipinski definition) is 3. The fraction of sp³-hybridized carbons (Fsp3) is 1.00. The molecule has 14 heavy (non-hydrogen) atoms. The molecular formula is C11H22N2O. The van der Waals surface area contributed by atoms with E-state index in [0.717, 1.165) is 19.8 Å². The minimum atomic E-state index is 0.496. The number of nitrogens with one attached hydrogen (secondary N) is 1. The van der Waals surface area contributed by atoms with Crippen molar-refractivity contribution in [3.63, 3.8) is 0 Å². The van der Waals surface area contributed by atoms with E-state index in [9.17, 15) is 0 Å². The lowest BCUT2D eigenvalue weighted by atomic mass is 9.77. The van der Waals surface area contributed by atoms with Crippen LogP contribution in [0.5, 0.6) is 0 Å². The zero-order valence-corrected chi connectivity index (χ0v) is 9.38. The summed E-state index contributed by atoms with van der Waals surface area (Å²) in [5.74, 6) is 0. The van der Waals surface area contributed by atoms with Gasteiger partial charge in [-0.15, -0.1) is 0 Å². The summed E-state index contributed by atoms with van der Waals surface area (Å²) in [6.07, 6.45) is 2.54. The van der Waals surface area contributed by atoms with Crippen molar-refractivity contribution in [3.05, 3.63) is 0 Å². The standard InChI is InChI=1S/C11H22N2O/c1-3-11(8-14-9-11)6-10-7-13(2)5-4-12-10/h10,12H,3-9H2,1-2H3. The Morgan fingerprint density at radius 2 is 2.29 bits per heavy atom. The molecule has 2 rings (SSSR count). The molecule has 1 atom stereocenters. The van der Waals surface area contributed by atoms with Crippen molar-refractivity contribution >= 4 is 0 Å². The Balaban J connectivity index is 1.83. The molecule has 0 aromatic rings. The third-order valence-corrected chi connectivity index (χ3v) is 3.70. The van der Waals surface area contributed by atoms with Crippen LogP contribution >= 0.6 is 0 Å². The number of likely N-dealkylation sites (N-methyl/N-ethyl adjacent to an activating group) is 1. The fourth-order valence-electron chi connectivity index (χ4n) is 2.51. The van der Waals surface area contributed by atoms with E-state index < -0.39 is 0 Å². The smallest absolute Gasteiger partial charge is 0.0545 e. The van der Waals surface area contributed by atoms with Crippen LogP contribution in [-0.2, 0) is 4.74 Å². The average molecular weight is 198 g/mol. The lowest BCUT2D eigenvalue weighted by Gasteiger charge is -2.45. The number of ether oxygens (including phenoxy) is 1. The van der Waals surface area contributed by atoms with Crippen molar-refractivity contribution in [1.82, 2.24) is 10.2 Å². The van der Waals surface area contributed by atoms with Crippen molar-refractivity contribution in [1.29, 1.82) is 0 Å². The first-order valence-corrected chi connectivity index (χ1v) is 5.74. The summed E-state index contributed by atoms with van der Waals surface area (Å²) in [6.45, 7) is 7.77. The molecular weight excluding hydrogens is 176 g/mol. The minimum absolute atomic E-state index is 0.496. The highest BCUT2D eigenvalue weighted by molar-refractivity contribution is 4.90.